The summed E-state index contributed by atoms with van der Waals surface area (Å²) in [5.74, 6) is 0. The maximum absolute atomic E-state index is 10.7. The molecule has 0 N–H and O–H groups in total. The Morgan fingerprint density at radius 1 is 0.486 bits per heavy atom. The van der Waals surface area contributed by atoms with E-state index in [1.807, 2.05) is 31.3 Å². The van der Waals surface area contributed by atoms with Crippen molar-refractivity contribution in [1.29, 1.82) is 0 Å². The molecule has 4 nitrogen and oxygen atoms in total. The van der Waals surface area contributed by atoms with E-state index >= 15 is 0 Å². The van der Waals surface area contributed by atoms with E-state index in [9.17, 15) is 4.91 Å². The quantitative estimate of drug-likeness (QED) is 0.230. The van der Waals surface area contributed by atoms with E-state index in [0.717, 1.165) is 28.4 Å². The third kappa shape index (κ3) is 4.82. The minimum absolute atomic E-state index is 0.425. The zero-order chi connectivity index (χ0) is 24.0. The molecule has 5 rings (SSSR count). The van der Waals surface area contributed by atoms with Crippen LogP contribution in [0.1, 0.15) is 0 Å². The Kier molecular flexibility index (Phi) is 6.35. The summed E-state index contributed by atoms with van der Waals surface area (Å²) in [6.07, 6.45) is 0. The number of benzene rings is 5. The predicted molar refractivity (Wildman–Crippen MR) is 147 cm³/mol. The molecule has 170 valence electrons. The van der Waals surface area contributed by atoms with Crippen LogP contribution in [0.2, 0.25) is 0 Å². The van der Waals surface area contributed by atoms with Gasteiger partial charge in [0.15, 0.2) is 0 Å². The fourth-order valence-corrected chi connectivity index (χ4v) is 4.19. The largest absolute Gasteiger partial charge is 0.345 e. The van der Waals surface area contributed by atoms with E-state index in [0.29, 0.717) is 5.69 Å². The molecule has 0 unspecified atom stereocenters. The minimum atomic E-state index is 0.425. The molecule has 0 aliphatic heterocycles. The maximum atomic E-state index is 10.7. The van der Waals surface area contributed by atoms with Gasteiger partial charge < -0.3 is 9.80 Å². The molecule has 5 aromatic carbocycles. The Bertz CT molecular complexity index is 1400. The summed E-state index contributed by atoms with van der Waals surface area (Å²) in [5, 5.41) is 2.98. The van der Waals surface area contributed by atoms with E-state index in [4.69, 9.17) is 0 Å². The van der Waals surface area contributed by atoms with E-state index in [2.05, 4.69) is 112 Å². The summed E-state index contributed by atoms with van der Waals surface area (Å²) in [7, 11) is 2.01. The highest BCUT2D eigenvalue weighted by molar-refractivity contribution is 5.80. The van der Waals surface area contributed by atoms with Crippen LogP contribution in [0.4, 0.5) is 34.1 Å². The normalized spacial score (nSPS) is 10.5. The van der Waals surface area contributed by atoms with E-state index in [-0.39, 0.29) is 0 Å². The predicted octanol–water partition coefficient (Wildman–Crippen LogP) is 8.99. The summed E-state index contributed by atoms with van der Waals surface area (Å²) < 4.78 is 0. The van der Waals surface area contributed by atoms with Crippen LogP contribution >= 0.6 is 0 Å². The van der Waals surface area contributed by atoms with E-state index < -0.39 is 0 Å². The lowest BCUT2D eigenvalue weighted by molar-refractivity contribution is 1.20. The van der Waals surface area contributed by atoms with Crippen LogP contribution in [0.25, 0.3) is 11.1 Å². The second-order valence-electron chi connectivity index (χ2n) is 8.27. The molecule has 0 saturated heterocycles. The first kappa shape index (κ1) is 22.1. The zero-order valence-electron chi connectivity index (χ0n) is 19.5. The van der Waals surface area contributed by atoms with Crippen LogP contribution in [0.5, 0.6) is 0 Å². The molecule has 5 aromatic rings. The molecule has 0 heterocycles. The first-order valence-electron chi connectivity index (χ1n) is 11.5. The number of rotatable bonds is 7. The molecule has 0 fully saturated rings. The number of nitroso groups, excluding NO2 is 1. The van der Waals surface area contributed by atoms with Gasteiger partial charge in [-0.3, -0.25) is 0 Å². The lowest BCUT2D eigenvalue weighted by atomic mass is 10.0. The lowest BCUT2D eigenvalue weighted by Gasteiger charge is -2.27. The first-order chi connectivity index (χ1) is 17.2. The molecule has 0 bridgehead atoms. The molecular weight excluding hydrogens is 430 g/mol. The molecule has 4 heteroatoms. The van der Waals surface area contributed by atoms with E-state index in [1.165, 1.54) is 11.1 Å². The van der Waals surface area contributed by atoms with Gasteiger partial charge in [0.05, 0.1) is 0 Å². The summed E-state index contributed by atoms with van der Waals surface area (Å²) in [5.41, 5.74) is 8.08. The highest BCUT2D eigenvalue weighted by atomic mass is 16.3. The number of hydrogen-bond donors (Lipinski definition) is 0. The van der Waals surface area contributed by atoms with Gasteiger partial charge in [0.2, 0.25) is 0 Å². The topological polar surface area (TPSA) is 35.9 Å². The van der Waals surface area contributed by atoms with Gasteiger partial charge in [-0.15, -0.1) is 4.91 Å². The van der Waals surface area contributed by atoms with Crippen molar-refractivity contribution in [1.82, 2.24) is 0 Å². The average molecular weight is 456 g/mol. The van der Waals surface area contributed by atoms with Crippen molar-refractivity contribution in [3.05, 3.63) is 138 Å². The fraction of sp³-hybridized carbons (Fsp3) is 0.0323. The Morgan fingerprint density at radius 2 is 0.971 bits per heavy atom. The number of para-hydroxylation sites is 1. The van der Waals surface area contributed by atoms with Crippen molar-refractivity contribution in [3.63, 3.8) is 0 Å². The standard InChI is InChI=1S/C31H25N3O/c1-33(27-17-15-26(32-35)16-18-27)28-19-21-30(22-20-28)34(29-12-6-3-7-13-29)31-14-8-11-25(23-31)24-9-4-2-5-10-24/h2-23H,1H3. The van der Waals surface area contributed by atoms with Crippen molar-refractivity contribution < 1.29 is 0 Å². The van der Waals surface area contributed by atoms with Gasteiger partial charge in [-0.2, -0.15) is 0 Å². The molecular formula is C31H25N3O. The van der Waals surface area contributed by atoms with Crippen molar-refractivity contribution in [2.24, 2.45) is 5.18 Å². The zero-order valence-corrected chi connectivity index (χ0v) is 19.5. The van der Waals surface area contributed by atoms with Crippen molar-refractivity contribution >= 4 is 34.1 Å². The summed E-state index contributed by atoms with van der Waals surface area (Å²) in [6, 6.07) is 45.2. The van der Waals surface area contributed by atoms with E-state index in [1.54, 1.807) is 12.1 Å². The Hall–Kier alpha value is -4.70. The number of nitrogens with zero attached hydrogens (tertiary/aromatic N) is 3. The first-order valence-corrected chi connectivity index (χ1v) is 11.5. The van der Waals surface area contributed by atoms with Crippen LogP contribution in [-0.4, -0.2) is 7.05 Å². The van der Waals surface area contributed by atoms with Crippen LogP contribution in [0.15, 0.2) is 139 Å². The van der Waals surface area contributed by atoms with Crippen molar-refractivity contribution in [3.8, 4) is 11.1 Å². The lowest BCUT2D eigenvalue weighted by Crippen LogP contribution is -2.12. The Balaban J connectivity index is 1.50. The molecule has 0 aromatic heterocycles. The molecule has 35 heavy (non-hydrogen) atoms. The summed E-state index contributed by atoms with van der Waals surface area (Å²) >= 11 is 0. The monoisotopic (exact) mass is 455 g/mol. The SMILES string of the molecule is CN(c1ccc(N=O)cc1)c1ccc(N(c2ccccc2)c2cccc(-c3ccccc3)c2)cc1. The maximum Gasteiger partial charge on any atom is 0.108 e. The van der Waals surface area contributed by atoms with Gasteiger partial charge >= 0.3 is 0 Å². The van der Waals surface area contributed by atoms with Crippen LogP contribution in [0, 0.1) is 4.91 Å². The van der Waals surface area contributed by atoms with Gasteiger partial charge in [-0.1, -0.05) is 60.7 Å². The van der Waals surface area contributed by atoms with Gasteiger partial charge in [0.25, 0.3) is 0 Å². The average Bonchev–Trinajstić information content (AvgIpc) is 2.94. The van der Waals surface area contributed by atoms with Crippen molar-refractivity contribution in [2.45, 2.75) is 0 Å². The Labute approximate surface area is 205 Å². The van der Waals surface area contributed by atoms with Gasteiger partial charge in [0.1, 0.15) is 5.69 Å². The highest BCUT2D eigenvalue weighted by Crippen LogP contribution is 2.37. The Morgan fingerprint density at radius 3 is 1.60 bits per heavy atom. The number of anilines is 5. The van der Waals surface area contributed by atoms with Gasteiger partial charge in [-0.25, -0.2) is 0 Å². The molecule has 0 radical (unpaired) electrons. The third-order valence-corrected chi connectivity index (χ3v) is 6.06. The molecule has 0 amide bonds. The summed E-state index contributed by atoms with van der Waals surface area (Å²) in [6.45, 7) is 0. The molecule has 0 aliphatic rings. The fourth-order valence-electron chi connectivity index (χ4n) is 4.19. The smallest absolute Gasteiger partial charge is 0.108 e. The molecule has 0 saturated carbocycles. The molecule has 0 atom stereocenters. The molecule has 0 aliphatic carbocycles. The van der Waals surface area contributed by atoms with Gasteiger partial charge in [-0.05, 0) is 89.1 Å². The van der Waals surface area contributed by atoms with Crippen LogP contribution < -0.4 is 9.80 Å². The highest BCUT2D eigenvalue weighted by Gasteiger charge is 2.14. The van der Waals surface area contributed by atoms with Crippen LogP contribution in [0.3, 0.4) is 0 Å². The third-order valence-electron chi connectivity index (χ3n) is 6.06. The van der Waals surface area contributed by atoms with Crippen LogP contribution in [-0.2, 0) is 0 Å². The van der Waals surface area contributed by atoms with Crippen molar-refractivity contribution in [2.75, 3.05) is 16.8 Å². The minimum Gasteiger partial charge on any atom is -0.345 e. The molecule has 0 spiro atoms. The second kappa shape index (κ2) is 10.1. The van der Waals surface area contributed by atoms with Gasteiger partial charge in [0, 0.05) is 35.5 Å². The number of hydrogen-bond acceptors (Lipinski definition) is 4. The summed E-state index contributed by atoms with van der Waals surface area (Å²) in [4.78, 5) is 15.1. The second-order valence-corrected chi connectivity index (χ2v) is 8.27.